The number of halogens is 1. The highest BCUT2D eigenvalue weighted by atomic mass is 35.5. The van der Waals surface area contributed by atoms with Gasteiger partial charge in [-0.2, -0.15) is 9.97 Å². The van der Waals surface area contributed by atoms with Crippen LogP contribution >= 0.6 is 11.6 Å². The molecule has 1 saturated heterocycles. The molecule has 38 heavy (non-hydrogen) atoms. The molecule has 0 unspecified atom stereocenters. The minimum Gasteiger partial charge on any atom is -0.354 e. The third-order valence-corrected chi connectivity index (χ3v) is 8.34. The largest absolute Gasteiger partial charge is 0.354 e. The minimum atomic E-state index is -0.435. The average molecular weight is 522 g/mol. The Bertz CT molecular complexity index is 1410. The van der Waals surface area contributed by atoms with Crippen LogP contribution in [0, 0.1) is 5.92 Å². The normalized spacial score (nSPS) is 18.5. The molecule has 0 amide bonds. The lowest BCUT2D eigenvalue weighted by Crippen LogP contribution is -2.58. The molecule has 1 aliphatic rings. The summed E-state index contributed by atoms with van der Waals surface area (Å²) in [6.07, 6.45) is 2.97. The summed E-state index contributed by atoms with van der Waals surface area (Å²) in [6.45, 7) is 4.20. The van der Waals surface area contributed by atoms with Gasteiger partial charge in [-0.05, 0) is 46.7 Å². The van der Waals surface area contributed by atoms with E-state index >= 15 is 0 Å². The highest BCUT2D eigenvalue weighted by Gasteiger charge is 2.45. The molecular weight excluding hydrogens is 490 g/mol. The third-order valence-electron chi connectivity index (χ3n) is 8.17. The number of benzene rings is 3. The van der Waals surface area contributed by atoms with Crippen LogP contribution in [0.1, 0.15) is 30.0 Å². The molecule has 5 nitrogen and oxygen atoms in total. The van der Waals surface area contributed by atoms with Gasteiger partial charge in [0.1, 0.15) is 11.5 Å². The van der Waals surface area contributed by atoms with Gasteiger partial charge >= 0.3 is 0 Å². The zero-order chi connectivity index (χ0) is 26.1. The van der Waals surface area contributed by atoms with Gasteiger partial charge in [0.25, 0.3) is 0 Å². The second-order valence-corrected chi connectivity index (χ2v) is 10.6. The quantitative estimate of drug-likeness (QED) is 0.198. The van der Waals surface area contributed by atoms with Crippen molar-refractivity contribution in [2.75, 3.05) is 25.0 Å². The van der Waals surface area contributed by atoms with E-state index in [-0.39, 0.29) is 11.3 Å². The number of hydrogen-bond donors (Lipinski definition) is 1. The Balaban J connectivity index is 1.50. The van der Waals surface area contributed by atoms with E-state index in [0.29, 0.717) is 5.92 Å². The first-order chi connectivity index (χ1) is 18.6. The van der Waals surface area contributed by atoms with Gasteiger partial charge in [-0.25, -0.2) is 0 Å². The predicted molar refractivity (Wildman–Crippen MR) is 156 cm³/mol. The van der Waals surface area contributed by atoms with Crippen LogP contribution in [-0.4, -0.2) is 46.0 Å². The lowest BCUT2D eigenvalue weighted by molar-refractivity contribution is 0.0897. The van der Waals surface area contributed by atoms with Crippen molar-refractivity contribution >= 4 is 28.5 Å². The Morgan fingerprint density at radius 3 is 1.95 bits per heavy atom. The Morgan fingerprint density at radius 1 is 0.842 bits per heavy atom. The van der Waals surface area contributed by atoms with Crippen molar-refractivity contribution in [3.05, 3.63) is 125 Å². The Kier molecular flexibility index (Phi) is 6.64. The first kappa shape index (κ1) is 24.7. The minimum absolute atomic E-state index is 0.225. The van der Waals surface area contributed by atoms with Gasteiger partial charge in [0.2, 0.25) is 5.28 Å². The standard InChI is InChI=1S/C32H32ClN5/c1-23-19-21-38(22-28(23)37(2)30-27-18-20-34-29(27)35-31(33)36-30)32(24-12-6-3-7-13-24,25-14-8-4-9-15-25)26-16-10-5-11-17-26/h3-18,20,23,28H,19,21-22H2,1-2H3,(H,34,35,36)/t23-,28+/m1/s1. The van der Waals surface area contributed by atoms with Gasteiger partial charge in [-0.3, -0.25) is 4.90 Å². The number of rotatable bonds is 6. The highest BCUT2D eigenvalue weighted by Crippen LogP contribution is 2.45. The van der Waals surface area contributed by atoms with Gasteiger partial charge in [0, 0.05) is 32.4 Å². The number of hydrogen-bond acceptors (Lipinski definition) is 4. The molecule has 1 fully saturated rings. The Hall–Kier alpha value is -3.67. The SMILES string of the molecule is C[C@@H]1CCN(C(c2ccccc2)(c2ccccc2)c2ccccc2)C[C@@H]1N(C)c1nc(Cl)nc2[nH]ccc12. The van der Waals surface area contributed by atoms with Crippen LogP contribution < -0.4 is 4.90 Å². The van der Waals surface area contributed by atoms with Gasteiger partial charge in [-0.15, -0.1) is 0 Å². The van der Waals surface area contributed by atoms with E-state index in [2.05, 4.69) is 130 Å². The lowest BCUT2D eigenvalue weighted by Gasteiger charge is -2.52. The summed E-state index contributed by atoms with van der Waals surface area (Å²) in [4.78, 5) is 17.2. The van der Waals surface area contributed by atoms with E-state index in [0.717, 1.165) is 36.4 Å². The van der Waals surface area contributed by atoms with Crippen molar-refractivity contribution in [3.63, 3.8) is 0 Å². The van der Waals surface area contributed by atoms with E-state index in [1.54, 1.807) is 0 Å². The first-order valence-electron chi connectivity index (χ1n) is 13.2. The van der Waals surface area contributed by atoms with Gasteiger partial charge in [-0.1, -0.05) is 97.9 Å². The molecule has 2 aromatic heterocycles. The zero-order valence-electron chi connectivity index (χ0n) is 21.8. The van der Waals surface area contributed by atoms with Crippen molar-refractivity contribution in [1.82, 2.24) is 19.9 Å². The van der Waals surface area contributed by atoms with Crippen LogP contribution in [0.25, 0.3) is 11.0 Å². The summed E-state index contributed by atoms with van der Waals surface area (Å²) < 4.78 is 0. The molecule has 1 N–H and O–H groups in total. The smallest absolute Gasteiger partial charge is 0.226 e. The number of nitrogens with zero attached hydrogens (tertiary/aromatic N) is 4. The maximum Gasteiger partial charge on any atom is 0.226 e. The van der Waals surface area contributed by atoms with Crippen molar-refractivity contribution in [2.45, 2.75) is 24.9 Å². The molecule has 5 aromatic rings. The van der Waals surface area contributed by atoms with Crippen LogP contribution in [0.3, 0.4) is 0 Å². The fourth-order valence-corrected chi connectivity index (χ4v) is 6.43. The van der Waals surface area contributed by atoms with Crippen molar-refractivity contribution in [2.24, 2.45) is 5.92 Å². The molecule has 6 heteroatoms. The van der Waals surface area contributed by atoms with Crippen LogP contribution in [0.4, 0.5) is 5.82 Å². The van der Waals surface area contributed by atoms with E-state index in [4.69, 9.17) is 11.6 Å². The lowest BCUT2D eigenvalue weighted by atomic mass is 9.74. The van der Waals surface area contributed by atoms with Gasteiger partial charge in [0.05, 0.1) is 10.9 Å². The fourth-order valence-electron chi connectivity index (χ4n) is 6.27. The molecule has 3 aromatic carbocycles. The Morgan fingerprint density at radius 2 is 1.39 bits per heavy atom. The van der Waals surface area contributed by atoms with E-state index in [9.17, 15) is 0 Å². The van der Waals surface area contributed by atoms with Crippen molar-refractivity contribution < 1.29 is 0 Å². The maximum absolute atomic E-state index is 6.36. The van der Waals surface area contributed by atoms with Gasteiger partial charge < -0.3 is 9.88 Å². The molecule has 1 aliphatic heterocycles. The fraction of sp³-hybridized carbons (Fsp3) is 0.250. The van der Waals surface area contributed by atoms with E-state index in [1.807, 2.05) is 12.3 Å². The van der Waals surface area contributed by atoms with E-state index in [1.165, 1.54) is 16.7 Å². The topological polar surface area (TPSA) is 48.1 Å². The number of anilines is 1. The summed E-state index contributed by atoms with van der Waals surface area (Å²) >= 11 is 6.36. The number of nitrogens with one attached hydrogen (secondary N) is 1. The third kappa shape index (κ3) is 4.16. The molecule has 192 valence electrons. The number of piperidine rings is 1. The van der Waals surface area contributed by atoms with Crippen LogP contribution in [0.15, 0.2) is 103 Å². The summed E-state index contributed by atoms with van der Waals surface area (Å²) in [7, 11) is 2.14. The zero-order valence-corrected chi connectivity index (χ0v) is 22.5. The van der Waals surface area contributed by atoms with Crippen molar-refractivity contribution in [3.8, 4) is 0 Å². The van der Waals surface area contributed by atoms with E-state index < -0.39 is 5.54 Å². The molecule has 0 aliphatic carbocycles. The average Bonchev–Trinajstić information content (AvgIpc) is 3.44. The number of aromatic nitrogens is 3. The summed E-state index contributed by atoms with van der Waals surface area (Å²) in [5, 5.41) is 1.25. The van der Waals surface area contributed by atoms with Crippen LogP contribution in [-0.2, 0) is 5.54 Å². The molecule has 0 radical (unpaired) electrons. The second kappa shape index (κ2) is 10.2. The van der Waals surface area contributed by atoms with Crippen molar-refractivity contribution in [1.29, 1.82) is 0 Å². The molecule has 6 rings (SSSR count). The molecular formula is C32H32ClN5. The monoisotopic (exact) mass is 521 g/mol. The Labute approximate surface area is 229 Å². The predicted octanol–water partition coefficient (Wildman–Crippen LogP) is 6.75. The summed E-state index contributed by atoms with van der Waals surface area (Å²) in [6, 6.07) is 35.1. The molecule has 0 spiro atoms. The first-order valence-corrected chi connectivity index (χ1v) is 13.6. The number of likely N-dealkylation sites (tertiary alicyclic amines) is 1. The highest BCUT2D eigenvalue weighted by molar-refractivity contribution is 6.28. The molecule has 3 heterocycles. The molecule has 0 saturated carbocycles. The summed E-state index contributed by atoms with van der Waals surface area (Å²) in [5.74, 6) is 1.34. The second-order valence-electron chi connectivity index (χ2n) is 10.3. The number of aromatic amines is 1. The number of likely N-dealkylation sites (N-methyl/N-ethyl adjacent to an activating group) is 1. The maximum atomic E-state index is 6.36. The number of fused-ring (bicyclic) bond motifs is 1. The summed E-state index contributed by atoms with van der Waals surface area (Å²) in [5.41, 5.74) is 4.14. The van der Waals surface area contributed by atoms with Crippen LogP contribution in [0.5, 0.6) is 0 Å². The molecule has 2 atom stereocenters. The van der Waals surface area contributed by atoms with Crippen LogP contribution in [0.2, 0.25) is 5.28 Å². The van der Waals surface area contributed by atoms with Gasteiger partial charge in [0.15, 0.2) is 0 Å². The molecule has 0 bridgehead atoms. The number of H-pyrrole nitrogens is 1.